The summed E-state index contributed by atoms with van der Waals surface area (Å²) in [5, 5.41) is 0.186. The van der Waals surface area contributed by atoms with Gasteiger partial charge >= 0.3 is 0 Å². The first-order valence-corrected chi connectivity index (χ1v) is 8.37. The van der Waals surface area contributed by atoms with Gasteiger partial charge in [-0.25, -0.2) is 0 Å². The van der Waals surface area contributed by atoms with E-state index >= 15 is 0 Å². The van der Waals surface area contributed by atoms with Gasteiger partial charge in [-0.3, -0.25) is 4.79 Å². The van der Waals surface area contributed by atoms with E-state index in [0.29, 0.717) is 0 Å². The Kier molecular flexibility index (Phi) is 4.04. The van der Waals surface area contributed by atoms with Gasteiger partial charge in [0.1, 0.15) is 0 Å². The molecule has 0 bridgehead atoms. The first kappa shape index (κ1) is 11.5. The molecule has 2 aliphatic rings. The molecule has 2 aliphatic heterocycles. The summed E-state index contributed by atoms with van der Waals surface area (Å²) >= 11 is 7.07. The number of ether oxygens (including phenoxy) is 1. The number of hydrogen-bond acceptors (Lipinski definition) is 6. The zero-order chi connectivity index (χ0) is 10.0. The zero-order valence-corrected chi connectivity index (χ0v) is 11.1. The van der Waals surface area contributed by atoms with E-state index in [4.69, 9.17) is 4.74 Å². The molecule has 0 aromatic heterocycles. The Morgan fingerprint density at radius 3 is 2.86 bits per heavy atom. The van der Waals surface area contributed by atoms with E-state index in [-0.39, 0.29) is 14.8 Å². The maximum Gasteiger partial charge on any atom is 0.209 e. The summed E-state index contributed by atoms with van der Waals surface area (Å²) in [7, 11) is 0. The van der Waals surface area contributed by atoms with Crippen LogP contribution in [0.25, 0.3) is 0 Å². The molecule has 1 unspecified atom stereocenters. The lowest BCUT2D eigenvalue weighted by molar-refractivity contribution is -0.109. The van der Waals surface area contributed by atoms with Gasteiger partial charge in [0, 0.05) is 29.9 Å². The Balaban J connectivity index is 1.79. The number of carbonyl (C=O) groups is 1. The number of rotatable bonds is 2. The van der Waals surface area contributed by atoms with E-state index in [1.54, 1.807) is 6.92 Å². The van der Waals surface area contributed by atoms with Gasteiger partial charge in [-0.05, 0) is 0 Å². The average molecular weight is 268 g/mol. The fourth-order valence-electron chi connectivity index (χ4n) is 1.29. The van der Waals surface area contributed by atoms with Crippen LogP contribution in [0.15, 0.2) is 0 Å². The molecule has 0 saturated carbocycles. The Morgan fingerprint density at radius 2 is 2.21 bits per heavy atom. The molecule has 0 N–H and O–H groups in total. The van der Waals surface area contributed by atoms with Crippen molar-refractivity contribution in [2.24, 2.45) is 0 Å². The van der Waals surface area contributed by atoms with Crippen molar-refractivity contribution in [1.29, 1.82) is 0 Å². The predicted octanol–water partition coefficient (Wildman–Crippen LogP) is 2.49. The van der Waals surface area contributed by atoms with Crippen LogP contribution in [0.4, 0.5) is 0 Å². The number of carbonyl (C=O) groups excluding carboxylic acids is 1. The van der Waals surface area contributed by atoms with Crippen LogP contribution in [-0.2, 0) is 9.53 Å². The van der Waals surface area contributed by atoms with Gasteiger partial charge in [0.2, 0.25) is 3.60 Å². The standard InChI is InChI=1S/C8H12O2S4/c1-6(9)11-4-7-5-14-8(10-7)12-2-3-13-8/h7H,2-5H2,1H3. The molecule has 1 atom stereocenters. The van der Waals surface area contributed by atoms with Crippen molar-refractivity contribution >= 4 is 52.2 Å². The van der Waals surface area contributed by atoms with Gasteiger partial charge in [0.05, 0.1) is 6.10 Å². The summed E-state index contributed by atoms with van der Waals surface area (Å²) in [5.74, 6) is 4.21. The third-order valence-corrected chi connectivity index (χ3v) is 7.90. The quantitative estimate of drug-likeness (QED) is 0.763. The highest BCUT2D eigenvalue weighted by molar-refractivity contribution is 8.35. The molecule has 0 radical (unpaired) electrons. The second-order valence-corrected chi connectivity index (χ2v) is 8.76. The highest BCUT2D eigenvalue weighted by Crippen LogP contribution is 2.57. The minimum Gasteiger partial charge on any atom is -0.341 e. The normalized spacial score (nSPS) is 29.9. The van der Waals surface area contributed by atoms with Gasteiger partial charge in [-0.1, -0.05) is 11.8 Å². The minimum absolute atomic E-state index is 0.0258. The summed E-state index contributed by atoms with van der Waals surface area (Å²) in [6, 6.07) is 0. The Labute approximate surface area is 101 Å². The third kappa shape index (κ3) is 2.78. The largest absolute Gasteiger partial charge is 0.341 e. The molecule has 1 spiro atoms. The highest BCUT2D eigenvalue weighted by Gasteiger charge is 2.45. The first-order chi connectivity index (χ1) is 6.70. The summed E-state index contributed by atoms with van der Waals surface area (Å²) in [6.07, 6.45) is 0.256. The second-order valence-electron chi connectivity index (χ2n) is 3.05. The highest BCUT2D eigenvalue weighted by atomic mass is 32.3. The lowest BCUT2D eigenvalue weighted by atomic mass is 10.5. The van der Waals surface area contributed by atoms with Gasteiger partial charge in [-0.15, -0.1) is 35.3 Å². The van der Waals surface area contributed by atoms with E-state index in [1.807, 2.05) is 35.3 Å². The van der Waals surface area contributed by atoms with Crippen molar-refractivity contribution in [2.45, 2.75) is 16.6 Å². The summed E-state index contributed by atoms with van der Waals surface area (Å²) in [6.45, 7) is 1.61. The summed E-state index contributed by atoms with van der Waals surface area (Å²) in [5.41, 5.74) is 0. The van der Waals surface area contributed by atoms with Gasteiger partial charge < -0.3 is 4.74 Å². The van der Waals surface area contributed by atoms with E-state index in [1.165, 1.54) is 23.3 Å². The molecule has 14 heavy (non-hydrogen) atoms. The lowest BCUT2D eigenvalue weighted by Crippen LogP contribution is -2.19. The smallest absolute Gasteiger partial charge is 0.209 e. The molecule has 0 aliphatic carbocycles. The van der Waals surface area contributed by atoms with Crippen LogP contribution in [-0.4, -0.2) is 37.8 Å². The molecule has 80 valence electrons. The monoisotopic (exact) mass is 268 g/mol. The van der Waals surface area contributed by atoms with E-state index < -0.39 is 0 Å². The van der Waals surface area contributed by atoms with E-state index in [0.717, 1.165) is 11.5 Å². The van der Waals surface area contributed by atoms with Crippen LogP contribution < -0.4 is 0 Å². The van der Waals surface area contributed by atoms with Gasteiger partial charge in [-0.2, -0.15) is 0 Å². The molecular weight excluding hydrogens is 256 g/mol. The van der Waals surface area contributed by atoms with Crippen LogP contribution in [0.3, 0.4) is 0 Å². The van der Waals surface area contributed by atoms with Crippen molar-refractivity contribution in [3.8, 4) is 0 Å². The van der Waals surface area contributed by atoms with E-state index in [2.05, 4.69) is 0 Å². The maximum atomic E-state index is 10.8. The molecule has 2 heterocycles. The van der Waals surface area contributed by atoms with Crippen LogP contribution in [0, 0.1) is 0 Å². The Morgan fingerprint density at radius 1 is 1.50 bits per heavy atom. The third-order valence-electron chi connectivity index (χ3n) is 1.87. The predicted molar refractivity (Wildman–Crippen MR) is 68.1 cm³/mol. The average Bonchev–Trinajstić information content (AvgIpc) is 2.74. The molecule has 6 heteroatoms. The van der Waals surface area contributed by atoms with Crippen LogP contribution in [0.1, 0.15) is 6.92 Å². The molecule has 0 aromatic carbocycles. The fourth-order valence-corrected chi connectivity index (χ4v) is 6.80. The molecule has 0 aromatic rings. The Hall–Kier alpha value is 1.03. The molecule has 0 amide bonds. The van der Waals surface area contributed by atoms with Crippen LogP contribution in [0.2, 0.25) is 0 Å². The first-order valence-electron chi connectivity index (χ1n) is 4.43. The van der Waals surface area contributed by atoms with Crippen molar-refractivity contribution in [3.05, 3.63) is 0 Å². The van der Waals surface area contributed by atoms with Crippen molar-refractivity contribution in [2.75, 3.05) is 23.0 Å². The Bertz CT molecular complexity index is 227. The van der Waals surface area contributed by atoms with Crippen molar-refractivity contribution in [1.82, 2.24) is 0 Å². The molecule has 2 rings (SSSR count). The molecule has 2 fully saturated rings. The number of hydrogen-bond donors (Lipinski definition) is 0. The van der Waals surface area contributed by atoms with Crippen molar-refractivity contribution in [3.63, 3.8) is 0 Å². The topological polar surface area (TPSA) is 26.3 Å². The number of thioether (sulfide) groups is 4. The molecule has 2 nitrogen and oxygen atoms in total. The molecular formula is C8H12O2S4. The van der Waals surface area contributed by atoms with Gasteiger partial charge in [0.15, 0.2) is 5.12 Å². The van der Waals surface area contributed by atoms with Crippen molar-refractivity contribution < 1.29 is 9.53 Å². The lowest BCUT2D eigenvalue weighted by Gasteiger charge is -2.20. The minimum atomic E-state index is -0.0258. The van der Waals surface area contributed by atoms with E-state index in [9.17, 15) is 4.79 Å². The SMILES string of the molecule is CC(=O)SCC1CSC2(O1)SCCS2. The second kappa shape index (κ2) is 4.91. The van der Waals surface area contributed by atoms with Gasteiger partial charge in [0.25, 0.3) is 0 Å². The zero-order valence-electron chi connectivity index (χ0n) is 7.86. The fraction of sp³-hybridized carbons (Fsp3) is 0.875. The summed E-state index contributed by atoms with van der Waals surface area (Å²) < 4.78 is 5.95. The maximum absolute atomic E-state index is 10.8. The summed E-state index contributed by atoms with van der Waals surface area (Å²) in [4.78, 5) is 10.8. The van der Waals surface area contributed by atoms with Crippen LogP contribution in [0.5, 0.6) is 0 Å². The molecule has 2 saturated heterocycles. The van der Waals surface area contributed by atoms with Crippen LogP contribution >= 0.6 is 47.0 Å².